The van der Waals surface area contributed by atoms with Crippen molar-refractivity contribution in [1.29, 1.82) is 5.26 Å². The fourth-order valence-corrected chi connectivity index (χ4v) is 0.231. The maximum atomic E-state index is 10.1. The van der Waals surface area contributed by atoms with Gasteiger partial charge in [0.25, 0.3) is 6.26 Å². The highest BCUT2D eigenvalue weighted by atomic mass is 16.5. The van der Waals surface area contributed by atoms with Crippen LogP contribution in [0.15, 0.2) is 0 Å². The molecule has 0 aromatic rings. The summed E-state index contributed by atoms with van der Waals surface area (Å²) in [7, 11) is 1.60. The van der Waals surface area contributed by atoms with Crippen LogP contribution in [-0.2, 0) is 9.53 Å². The summed E-state index contributed by atoms with van der Waals surface area (Å²) in [6.45, 7) is 0.0769. The van der Waals surface area contributed by atoms with Crippen LogP contribution < -0.4 is 5.32 Å². The smallest absolute Gasteiger partial charge is 0.335 e. The van der Waals surface area contributed by atoms with E-state index in [1.165, 1.54) is 6.26 Å². The number of nitriles is 1. The zero-order valence-corrected chi connectivity index (χ0v) is 4.47. The number of hydrogen-bond donors (Lipinski definition) is 1. The second kappa shape index (κ2) is 4.09. The molecule has 0 saturated heterocycles. The molecule has 1 N–H and O–H groups in total. The van der Waals surface area contributed by atoms with Crippen molar-refractivity contribution < 1.29 is 9.53 Å². The lowest BCUT2D eigenvalue weighted by Crippen LogP contribution is -2.19. The highest BCUT2D eigenvalue weighted by Crippen LogP contribution is 1.68. The third kappa shape index (κ3) is 3.12. The molecule has 0 saturated carbocycles. The minimum atomic E-state index is -0.560. The molecular weight excluding hydrogens is 108 g/mol. The third-order valence-corrected chi connectivity index (χ3v) is 0.481. The first-order valence-corrected chi connectivity index (χ1v) is 2.04. The average Bonchev–Trinajstić information content (AvgIpc) is 1.68. The van der Waals surface area contributed by atoms with E-state index in [-0.39, 0.29) is 6.54 Å². The summed E-state index contributed by atoms with van der Waals surface area (Å²) in [4.78, 5) is 10.1. The second-order valence-electron chi connectivity index (χ2n) is 1.10. The third-order valence-electron chi connectivity index (χ3n) is 0.481. The van der Waals surface area contributed by atoms with Gasteiger partial charge >= 0.3 is 5.97 Å². The molecule has 0 amide bonds. The first-order valence-electron chi connectivity index (χ1n) is 2.04. The lowest BCUT2D eigenvalue weighted by atomic mass is 10.7. The maximum absolute atomic E-state index is 10.1. The molecule has 0 bridgehead atoms. The summed E-state index contributed by atoms with van der Waals surface area (Å²) in [5.41, 5.74) is 0. The van der Waals surface area contributed by atoms with E-state index in [0.717, 1.165) is 0 Å². The van der Waals surface area contributed by atoms with E-state index in [0.29, 0.717) is 0 Å². The number of rotatable bonds is 2. The van der Waals surface area contributed by atoms with Gasteiger partial charge in [0.2, 0.25) is 0 Å². The Hall–Kier alpha value is -1.08. The van der Waals surface area contributed by atoms with Crippen LogP contribution in [0.3, 0.4) is 0 Å². The standard InChI is InChI=1S/C4H6N2O2/c1-6-2-4(7)8-3-5/h6H,2H2,1H3. The van der Waals surface area contributed by atoms with Crippen molar-refractivity contribution >= 4 is 5.97 Å². The van der Waals surface area contributed by atoms with E-state index in [1.807, 2.05) is 0 Å². The van der Waals surface area contributed by atoms with E-state index < -0.39 is 5.97 Å². The number of esters is 1. The molecule has 0 aromatic heterocycles. The van der Waals surface area contributed by atoms with Crippen LogP contribution in [0.5, 0.6) is 0 Å². The summed E-state index contributed by atoms with van der Waals surface area (Å²) in [5.74, 6) is -0.560. The normalized spacial score (nSPS) is 7.50. The lowest BCUT2D eigenvalue weighted by molar-refractivity contribution is -0.135. The summed E-state index contributed by atoms with van der Waals surface area (Å²) in [6.07, 6.45) is 1.26. The molecule has 4 nitrogen and oxygen atoms in total. The molecule has 0 rings (SSSR count). The van der Waals surface area contributed by atoms with Crippen molar-refractivity contribution in [3.8, 4) is 6.26 Å². The van der Waals surface area contributed by atoms with E-state index in [1.54, 1.807) is 7.05 Å². The Balaban J connectivity index is 3.23. The summed E-state index contributed by atoms with van der Waals surface area (Å²) in [6, 6.07) is 0. The number of hydrogen-bond acceptors (Lipinski definition) is 4. The lowest BCUT2D eigenvalue weighted by Gasteiger charge is -1.89. The molecule has 0 radical (unpaired) electrons. The Kier molecular flexibility index (Phi) is 3.54. The van der Waals surface area contributed by atoms with Gasteiger partial charge in [0, 0.05) is 0 Å². The number of ether oxygens (including phenoxy) is 1. The van der Waals surface area contributed by atoms with Crippen molar-refractivity contribution in [3.05, 3.63) is 0 Å². The molecule has 0 spiro atoms. The molecule has 0 aliphatic rings. The van der Waals surface area contributed by atoms with E-state index >= 15 is 0 Å². The first kappa shape index (κ1) is 6.92. The highest BCUT2D eigenvalue weighted by molar-refractivity contribution is 5.72. The van der Waals surface area contributed by atoms with E-state index in [9.17, 15) is 4.79 Å². The van der Waals surface area contributed by atoms with Crippen molar-refractivity contribution in [2.45, 2.75) is 0 Å². The molecule has 0 unspecified atom stereocenters. The molecule has 0 aliphatic carbocycles. The van der Waals surface area contributed by atoms with E-state index in [4.69, 9.17) is 5.26 Å². The van der Waals surface area contributed by atoms with Crippen LogP contribution in [0.4, 0.5) is 0 Å². The predicted molar refractivity (Wildman–Crippen MR) is 25.6 cm³/mol. The summed E-state index contributed by atoms with van der Waals surface area (Å²) >= 11 is 0. The van der Waals surface area contributed by atoms with Gasteiger partial charge in [-0.25, -0.2) is 4.79 Å². The average molecular weight is 114 g/mol. The van der Waals surface area contributed by atoms with Crippen LogP contribution in [0.25, 0.3) is 0 Å². The monoisotopic (exact) mass is 114 g/mol. The molecule has 8 heavy (non-hydrogen) atoms. The number of likely N-dealkylation sites (N-methyl/N-ethyl adjacent to an activating group) is 1. The van der Waals surface area contributed by atoms with E-state index in [2.05, 4.69) is 10.1 Å². The van der Waals surface area contributed by atoms with Gasteiger partial charge in [-0.05, 0) is 7.05 Å². The first-order chi connectivity index (χ1) is 3.81. The predicted octanol–water partition coefficient (Wildman–Crippen LogP) is -0.770. The largest absolute Gasteiger partial charge is 0.350 e. The van der Waals surface area contributed by atoms with Gasteiger partial charge in [-0.3, -0.25) is 0 Å². The van der Waals surface area contributed by atoms with Gasteiger partial charge in [-0.15, -0.1) is 5.26 Å². The molecule has 0 atom stereocenters. The zero-order chi connectivity index (χ0) is 6.41. The van der Waals surface area contributed by atoms with Crippen molar-refractivity contribution in [1.82, 2.24) is 5.32 Å². The van der Waals surface area contributed by atoms with Gasteiger partial charge in [0.1, 0.15) is 0 Å². The Morgan fingerprint density at radius 1 is 2.00 bits per heavy atom. The van der Waals surface area contributed by atoms with Crippen molar-refractivity contribution in [2.24, 2.45) is 0 Å². The fourth-order valence-electron chi connectivity index (χ4n) is 0.231. The Morgan fingerprint density at radius 3 is 3.00 bits per heavy atom. The molecule has 44 valence electrons. The van der Waals surface area contributed by atoms with Gasteiger partial charge in [0.05, 0.1) is 6.54 Å². The number of carbonyl (C=O) groups is 1. The number of nitrogens with zero attached hydrogens (tertiary/aromatic N) is 1. The summed E-state index contributed by atoms with van der Waals surface area (Å²) in [5, 5.41) is 10.3. The molecule has 0 aliphatic heterocycles. The second-order valence-corrected chi connectivity index (χ2v) is 1.10. The summed E-state index contributed by atoms with van der Waals surface area (Å²) < 4.78 is 3.89. The quantitative estimate of drug-likeness (QED) is 0.378. The van der Waals surface area contributed by atoms with Gasteiger partial charge in [0.15, 0.2) is 0 Å². The molecule has 0 fully saturated rings. The topological polar surface area (TPSA) is 62.1 Å². The molecular formula is C4H6N2O2. The van der Waals surface area contributed by atoms with Crippen LogP contribution in [0.1, 0.15) is 0 Å². The zero-order valence-electron chi connectivity index (χ0n) is 4.47. The number of carbonyl (C=O) groups excluding carboxylic acids is 1. The maximum Gasteiger partial charge on any atom is 0.335 e. The molecule has 0 heterocycles. The number of nitrogens with one attached hydrogen (secondary N) is 1. The minimum absolute atomic E-state index is 0.0769. The Labute approximate surface area is 47.1 Å². The van der Waals surface area contributed by atoms with Crippen LogP contribution in [-0.4, -0.2) is 19.6 Å². The molecule has 0 aromatic carbocycles. The highest BCUT2D eigenvalue weighted by Gasteiger charge is 1.95. The van der Waals surface area contributed by atoms with Gasteiger partial charge in [-0.1, -0.05) is 0 Å². The molecule has 4 heteroatoms. The van der Waals surface area contributed by atoms with Crippen molar-refractivity contribution in [2.75, 3.05) is 13.6 Å². The fraction of sp³-hybridized carbons (Fsp3) is 0.500. The van der Waals surface area contributed by atoms with Crippen LogP contribution in [0.2, 0.25) is 0 Å². The Bertz CT molecular complexity index is 116. The van der Waals surface area contributed by atoms with Gasteiger partial charge < -0.3 is 10.1 Å². The van der Waals surface area contributed by atoms with Crippen molar-refractivity contribution in [3.63, 3.8) is 0 Å². The minimum Gasteiger partial charge on any atom is -0.350 e. The SMILES string of the molecule is CNCC(=O)OC#N. The van der Waals surface area contributed by atoms with Crippen LogP contribution in [0, 0.1) is 11.5 Å². The Morgan fingerprint density at radius 2 is 2.62 bits per heavy atom. The van der Waals surface area contributed by atoms with Gasteiger partial charge in [-0.2, -0.15) is 0 Å². The van der Waals surface area contributed by atoms with Crippen LogP contribution >= 0.6 is 0 Å².